The fourth-order valence-electron chi connectivity index (χ4n) is 2.11. The molecule has 2 rings (SSSR count). The van der Waals surface area contributed by atoms with Crippen LogP contribution >= 0.6 is 11.3 Å². The zero-order chi connectivity index (χ0) is 15.6. The van der Waals surface area contributed by atoms with Crippen LogP contribution in [0.1, 0.15) is 61.5 Å². The second-order valence-corrected chi connectivity index (χ2v) is 7.65. The molecule has 0 aliphatic rings. The topological polar surface area (TPSA) is 55.1 Å². The van der Waals surface area contributed by atoms with Crippen molar-refractivity contribution in [3.05, 3.63) is 33.7 Å². The van der Waals surface area contributed by atoms with Crippen molar-refractivity contribution in [3.8, 4) is 0 Å². The Hall–Kier alpha value is -1.62. The minimum Gasteiger partial charge on any atom is -0.359 e. The van der Waals surface area contributed by atoms with Crippen LogP contribution in [0.15, 0.2) is 22.0 Å². The molecule has 0 aromatic carbocycles. The number of carbonyl (C=O) groups is 1. The van der Waals surface area contributed by atoms with E-state index in [-0.39, 0.29) is 11.3 Å². The molecule has 0 aliphatic heterocycles. The largest absolute Gasteiger partial charge is 0.359 e. The van der Waals surface area contributed by atoms with Gasteiger partial charge in [-0.25, -0.2) is 0 Å². The van der Waals surface area contributed by atoms with Crippen LogP contribution in [0.4, 0.5) is 5.82 Å². The zero-order valence-corrected chi connectivity index (χ0v) is 14.0. The summed E-state index contributed by atoms with van der Waals surface area (Å²) in [4.78, 5) is 13.1. The van der Waals surface area contributed by atoms with Gasteiger partial charge in [-0.05, 0) is 28.3 Å². The number of thiophene rings is 1. The first-order valence-electron chi connectivity index (χ1n) is 7.10. The molecule has 114 valence electrons. The van der Waals surface area contributed by atoms with E-state index in [4.69, 9.17) is 4.52 Å². The molecule has 4 nitrogen and oxygen atoms in total. The van der Waals surface area contributed by atoms with E-state index in [0.717, 1.165) is 22.6 Å². The van der Waals surface area contributed by atoms with Gasteiger partial charge in [0.1, 0.15) is 5.76 Å². The zero-order valence-electron chi connectivity index (χ0n) is 13.2. The molecule has 5 heteroatoms. The molecule has 21 heavy (non-hydrogen) atoms. The van der Waals surface area contributed by atoms with Crippen LogP contribution in [0.3, 0.4) is 0 Å². The number of rotatable bonds is 4. The van der Waals surface area contributed by atoms with Gasteiger partial charge in [0.15, 0.2) is 5.82 Å². The number of anilines is 1. The van der Waals surface area contributed by atoms with Gasteiger partial charge in [0.05, 0.1) is 4.88 Å². The fraction of sp³-hybridized carbons (Fsp3) is 0.500. The SMILES string of the molecule is CC(C)c1ccsc1C(=O)Nc1cc(CC(C)(C)C)on1. The Morgan fingerprint density at radius 2 is 2.14 bits per heavy atom. The number of nitrogens with one attached hydrogen (secondary N) is 1. The Labute approximate surface area is 129 Å². The van der Waals surface area contributed by atoms with Crippen molar-refractivity contribution in [1.82, 2.24) is 5.16 Å². The molecule has 0 saturated heterocycles. The first kappa shape index (κ1) is 15.8. The minimum atomic E-state index is -0.121. The highest BCUT2D eigenvalue weighted by Crippen LogP contribution is 2.26. The number of amides is 1. The van der Waals surface area contributed by atoms with E-state index < -0.39 is 0 Å². The van der Waals surface area contributed by atoms with Gasteiger partial charge in [0.25, 0.3) is 5.91 Å². The summed E-state index contributed by atoms with van der Waals surface area (Å²) in [5.74, 6) is 1.46. The van der Waals surface area contributed by atoms with Crippen LogP contribution < -0.4 is 5.32 Å². The molecule has 2 aromatic heterocycles. The molecule has 2 aromatic rings. The molecule has 0 spiro atoms. The molecule has 0 saturated carbocycles. The quantitative estimate of drug-likeness (QED) is 0.890. The maximum Gasteiger partial charge on any atom is 0.267 e. The van der Waals surface area contributed by atoms with Crippen molar-refractivity contribution in [2.75, 3.05) is 5.32 Å². The maximum atomic E-state index is 12.3. The Morgan fingerprint density at radius 3 is 2.76 bits per heavy atom. The second kappa shape index (κ2) is 6.02. The second-order valence-electron chi connectivity index (χ2n) is 6.73. The van der Waals surface area contributed by atoms with Crippen LogP contribution in [-0.2, 0) is 6.42 Å². The number of carbonyl (C=O) groups excluding carboxylic acids is 1. The van der Waals surface area contributed by atoms with E-state index in [2.05, 4.69) is 45.1 Å². The summed E-state index contributed by atoms with van der Waals surface area (Å²) in [5.41, 5.74) is 1.19. The Kier molecular flexibility index (Phi) is 4.52. The average molecular weight is 306 g/mol. The van der Waals surface area contributed by atoms with E-state index in [1.165, 1.54) is 11.3 Å². The Balaban J connectivity index is 2.08. The first-order chi connectivity index (χ1) is 9.76. The first-order valence-corrected chi connectivity index (χ1v) is 7.98. The van der Waals surface area contributed by atoms with Gasteiger partial charge in [-0.2, -0.15) is 0 Å². The number of hydrogen-bond acceptors (Lipinski definition) is 4. The molecule has 0 atom stereocenters. The maximum absolute atomic E-state index is 12.3. The van der Waals surface area contributed by atoms with E-state index in [1.54, 1.807) is 6.07 Å². The van der Waals surface area contributed by atoms with Crippen molar-refractivity contribution in [2.24, 2.45) is 5.41 Å². The predicted octanol–water partition coefficient (Wildman–Crippen LogP) is 4.70. The van der Waals surface area contributed by atoms with Gasteiger partial charge in [0, 0.05) is 12.5 Å². The lowest BCUT2D eigenvalue weighted by atomic mass is 9.91. The molecule has 1 amide bonds. The van der Waals surface area contributed by atoms with Gasteiger partial charge in [-0.15, -0.1) is 11.3 Å². The molecule has 1 N–H and O–H groups in total. The van der Waals surface area contributed by atoms with Gasteiger partial charge >= 0.3 is 0 Å². The highest BCUT2D eigenvalue weighted by Gasteiger charge is 2.19. The summed E-state index contributed by atoms with van der Waals surface area (Å²) >= 11 is 1.45. The molecule has 0 bridgehead atoms. The van der Waals surface area contributed by atoms with Crippen LogP contribution in [-0.4, -0.2) is 11.1 Å². The summed E-state index contributed by atoms with van der Waals surface area (Å²) in [5, 5.41) is 8.68. The highest BCUT2D eigenvalue weighted by atomic mass is 32.1. The van der Waals surface area contributed by atoms with E-state index >= 15 is 0 Å². The van der Waals surface area contributed by atoms with Crippen molar-refractivity contribution in [2.45, 2.75) is 47.0 Å². The van der Waals surface area contributed by atoms with Crippen molar-refractivity contribution >= 4 is 23.1 Å². The van der Waals surface area contributed by atoms with E-state index in [1.807, 2.05) is 11.4 Å². The van der Waals surface area contributed by atoms with E-state index in [0.29, 0.717) is 11.7 Å². The molecule has 0 unspecified atom stereocenters. The van der Waals surface area contributed by atoms with Gasteiger partial charge < -0.3 is 9.84 Å². The number of aromatic nitrogens is 1. The van der Waals surface area contributed by atoms with Crippen molar-refractivity contribution in [3.63, 3.8) is 0 Å². The van der Waals surface area contributed by atoms with Crippen LogP contribution in [0.25, 0.3) is 0 Å². The highest BCUT2D eigenvalue weighted by molar-refractivity contribution is 7.12. The van der Waals surface area contributed by atoms with Gasteiger partial charge in [-0.3, -0.25) is 4.79 Å². The lowest BCUT2D eigenvalue weighted by molar-refractivity contribution is 0.102. The van der Waals surface area contributed by atoms with Gasteiger partial charge in [-0.1, -0.05) is 39.8 Å². The summed E-state index contributed by atoms with van der Waals surface area (Å²) in [7, 11) is 0. The lowest BCUT2D eigenvalue weighted by Gasteiger charge is -2.14. The molecular formula is C16H22N2O2S. The van der Waals surface area contributed by atoms with Crippen LogP contribution in [0.5, 0.6) is 0 Å². The molecule has 0 fully saturated rings. The Morgan fingerprint density at radius 1 is 1.43 bits per heavy atom. The van der Waals surface area contributed by atoms with Crippen LogP contribution in [0.2, 0.25) is 0 Å². The smallest absolute Gasteiger partial charge is 0.267 e. The monoisotopic (exact) mass is 306 g/mol. The summed E-state index contributed by atoms with van der Waals surface area (Å²) in [6, 6.07) is 3.80. The van der Waals surface area contributed by atoms with Gasteiger partial charge in [0.2, 0.25) is 0 Å². The normalized spacial score (nSPS) is 11.9. The minimum absolute atomic E-state index is 0.121. The summed E-state index contributed by atoms with van der Waals surface area (Å²) in [6.45, 7) is 10.6. The molecule has 0 aliphatic carbocycles. The lowest BCUT2D eigenvalue weighted by Crippen LogP contribution is -2.12. The third-order valence-corrected chi connectivity index (χ3v) is 3.96. The third kappa shape index (κ3) is 4.17. The molecule has 2 heterocycles. The standard InChI is InChI=1S/C16H22N2O2S/c1-10(2)12-6-7-21-14(12)15(19)17-13-8-11(20-18-13)9-16(3,4)5/h6-8,10H,9H2,1-5H3,(H,17,18,19). The van der Waals surface area contributed by atoms with Crippen molar-refractivity contribution < 1.29 is 9.32 Å². The molecule has 0 radical (unpaired) electrons. The Bertz CT molecular complexity index is 620. The number of nitrogens with zero attached hydrogens (tertiary/aromatic N) is 1. The predicted molar refractivity (Wildman–Crippen MR) is 86.0 cm³/mol. The third-order valence-electron chi connectivity index (χ3n) is 3.03. The molecular weight excluding hydrogens is 284 g/mol. The fourth-order valence-corrected chi connectivity index (χ4v) is 3.06. The van der Waals surface area contributed by atoms with Crippen molar-refractivity contribution in [1.29, 1.82) is 0 Å². The number of hydrogen-bond donors (Lipinski definition) is 1. The summed E-state index contributed by atoms with van der Waals surface area (Å²) < 4.78 is 5.28. The van der Waals surface area contributed by atoms with E-state index in [9.17, 15) is 4.79 Å². The summed E-state index contributed by atoms with van der Waals surface area (Å²) in [6.07, 6.45) is 0.784. The van der Waals surface area contributed by atoms with Crippen LogP contribution in [0, 0.1) is 5.41 Å². The average Bonchev–Trinajstić information content (AvgIpc) is 2.95.